The second kappa shape index (κ2) is 5.46. The minimum absolute atomic E-state index is 0.0240. The van der Waals surface area contributed by atoms with Gasteiger partial charge in [0.2, 0.25) is 0 Å². The Balaban J connectivity index is 1.76. The lowest BCUT2D eigenvalue weighted by molar-refractivity contribution is 0.0790. The zero-order valence-electron chi connectivity index (χ0n) is 12.6. The lowest BCUT2D eigenvalue weighted by atomic mass is 10.0. The van der Waals surface area contributed by atoms with Gasteiger partial charge >= 0.3 is 0 Å². The van der Waals surface area contributed by atoms with E-state index in [9.17, 15) is 4.79 Å². The number of carbonyl (C=O) groups is 1. The van der Waals surface area contributed by atoms with Crippen molar-refractivity contribution in [3.63, 3.8) is 0 Å². The van der Waals surface area contributed by atoms with Gasteiger partial charge in [0, 0.05) is 32.2 Å². The van der Waals surface area contributed by atoms with Crippen molar-refractivity contribution < 1.29 is 4.79 Å². The van der Waals surface area contributed by atoms with Crippen LogP contribution in [0.2, 0.25) is 0 Å². The average Bonchev–Trinajstić information content (AvgIpc) is 3.10. The highest BCUT2D eigenvalue weighted by Gasteiger charge is 2.33. The van der Waals surface area contributed by atoms with Crippen LogP contribution in [0.1, 0.15) is 29.9 Å². The summed E-state index contributed by atoms with van der Waals surface area (Å²) in [5.41, 5.74) is 11.9. The number of carbonyl (C=O) groups excluding carboxylic acids is 1. The minimum atomic E-state index is 0.0240. The fourth-order valence-corrected chi connectivity index (χ4v) is 4.00. The fourth-order valence-electron chi connectivity index (χ4n) is 3.01. The van der Waals surface area contributed by atoms with Crippen LogP contribution >= 0.6 is 11.3 Å². The lowest BCUT2D eigenvalue weighted by Gasteiger charge is -2.15. The van der Waals surface area contributed by atoms with Gasteiger partial charge in [-0.25, -0.2) is 4.98 Å². The summed E-state index contributed by atoms with van der Waals surface area (Å²) in [6.07, 6.45) is 0.962. The first-order chi connectivity index (χ1) is 9.95. The Morgan fingerprint density at radius 1 is 1.29 bits per heavy atom. The zero-order valence-corrected chi connectivity index (χ0v) is 13.4. The van der Waals surface area contributed by atoms with Gasteiger partial charge in [-0.1, -0.05) is 25.2 Å². The van der Waals surface area contributed by atoms with Crippen LogP contribution in [-0.4, -0.2) is 48.0 Å². The highest BCUT2D eigenvalue weighted by Crippen LogP contribution is 2.33. The van der Waals surface area contributed by atoms with Crippen molar-refractivity contribution in [2.75, 3.05) is 36.8 Å². The molecule has 3 unspecified atom stereocenters. The number of anilines is 2. The van der Waals surface area contributed by atoms with Gasteiger partial charge in [-0.15, -0.1) is 0 Å². The Bertz CT molecular complexity index is 535. The van der Waals surface area contributed by atoms with Crippen LogP contribution in [0.15, 0.2) is 0 Å². The van der Waals surface area contributed by atoms with E-state index in [-0.39, 0.29) is 11.9 Å². The van der Waals surface area contributed by atoms with E-state index in [0.29, 0.717) is 22.5 Å². The van der Waals surface area contributed by atoms with E-state index >= 15 is 0 Å². The predicted molar refractivity (Wildman–Crippen MR) is 85.6 cm³/mol. The molecule has 2 aliphatic heterocycles. The Kier molecular flexibility index (Phi) is 3.79. The third kappa shape index (κ3) is 2.72. The fraction of sp³-hybridized carbons (Fsp3) is 0.714. The SMILES string of the molecule is CC1CN(C(=O)c2sc(N3CCC(N)C3)nc2N)CC1C. The van der Waals surface area contributed by atoms with Gasteiger partial charge in [0.05, 0.1) is 0 Å². The molecule has 0 bridgehead atoms. The number of thiazole rings is 1. The molecule has 0 aliphatic carbocycles. The molecule has 1 aromatic rings. The quantitative estimate of drug-likeness (QED) is 0.850. The van der Waals surface area contributed by atoms with Crippen molar-refractivity contribution in [3.8, 4) is 0 Å². The molecule has 3 atom stereocenters. The number of rotatable bonds is 2. The van der Waals surface area contributed by atoms with Crippen LogP contribution in [0, 0.1) is 11.8 Å². The topological polar surface area (TPSA) is 88.5 Å². The molecule has 7 heteroatoms. The van der Waals surface area contributed by atoms with E-state index in [1.54, 1.807) is 0 Å². The van der Waals surface area contributed by atoms with Crippen molar-refractivity contribution in [2.45, 2.75) is 26.3 Å². The summed E-state index contributed by atoms with van der Waals surface area (Å²) in [5.74, 6) is 1.46. The molecular weight excluding hydrogens is 286 g/mol. The molecule has 116 valence electrons. The first-order valence-electron chi connectivity index (χ1n) is 7.51. The number of nitrogens with zero attached hydrogens (tertiary/aromatic N) is 3. The van der Waals surface area contributed by atoms with Crippen molar-refractivity contribution in [3.05, 3.63) is 4.88 Å². The maximum absolute atomic E-state index is 12.6. The second-order valence-electron chi connectivity index (χ2n) is 6.37. The summed E-state index contributed by atoms with van der Waals surface area (Å²) >= 11 is 1.40. The third-order valence-corrected chi connectivity index (χ3v) is 5.73. The molecule has 0 aromatic carbocycles. The zero-order chi connectivity index (χ0) is 15.1. The van der Waals surface area contributed by atoms with Gasteiger partial charge in [-0.3, -0.25) is 4.79 Å². The molecule has 0 spiro atoms. The number of aromatic nitrogens is 1. The van der Waals surface area contributed by atoms with Gasteiger partial charge in [-0.05, 0) is 18.3 Å². The summed E-state index contributed by atoms with van der Waals surface area (Å²) in [4.78, 5) is 21.6. The second-order valence-corrected chi connectivity index (χ2v) is 7.35. The average molecular weight is 309 g/mol. The first-order valence-corrected chi connectivity index (χ1v) is 8.33. The van der Waals surface area contributed by atoms with E-state index in [1.807, 2.05) is 4.90 Å². The highest BCUT2D eigenvalue weighted by molar-refractivity contribution is 7.18. The first kappa shape index (κ1) is 14.6. The summed E-state index contributed by atoms with van der Waals surface area (Å²) in [7, 11) is 0. The lowest BCUT2D eigenvalue weighted by Crippen LogP contribution is -2.28. The monoisotopic (exact) mass is 309 g/mol. The summed E-state index contributed by atoms with van der Waals surface area (Å²) < 4.78 is 0. The van der Waals surface area contributed by atoms with Gasteiger partial charge < -0.3 is 21.3 Å². The molecule has 1 amide bonds. The van der Waals surface area contributed by atoms with Gasteiger partial charge in [-0.2, -0.15) is 0 Å². The maximum atomic E-state index is 12.6. The molecule has 3 rings (SSSR count). The van der Waals surface area contributed by atoms with Crippen LogP contribution in [0.3, 0.4) is 0 Å². The van der Waals surface area contributed by atoms with Crippen LogP contribution in [0.5, 0.6) is 0 Å². The number of amides is 1. The minimum Gasteiger partial charge on any atom is -0.382 e. The molecule has 4 N–H and O–H groups in total. The number of likely N-dealkylation sites (tertiary alicyclic amines) is 1. The van der Waals surface area contributed by atoms with Crippen molar-refractivity contribution in [1.29, 1.82) is 0 Å². The van der Waals surface area contributed by atoms with E-state index in [0.717, 1.165) is 37.7 Å². The van der Waals surface area contributed by atoms with Gasteiger partial charge in [0.15, 0.2) is 5.13 Å². The van der Waals surface area contributed by atoms with E-state index in [4.69, 9.17) is 11.5 Å². The molecule has 1 aromatic heterocycles. The van der Waals surface area contributed by atoms with E-state index in [1.165, 1.54) is 11.3 Å². The Hall–Kier alpha value is -1.34. The van der Waals surface area contributed by atoms with Crippen molar-refractivity contribution >= 4 is 28.2 Å². The molecule has 0 radical (unpaired) electrons. The normalized spacial score (nSPS) is 29.4. The molecule has 3 heterocycles. The maximum Gasteiger partial charge on any atom is 0.267 e. The predicted octanol–water partition coefficient (Wildman–Crippen LogP) is 0.991. The van der Waals surface area contributed by atoms with Gasteiger partial charge in [0.25, 0.3) is 5.91 Å². The van der Waals surface area contributed by atoms with Crippen LogP contribution in [0.4, 0.5) is 10.9 Å². The Morgan fingerprint density at radius 2 is 1.95 bits per heavy atom. The standard InChI is InChI=1S/C14H23N5OS/c1-8-5-19(6-9(8)2)13(20)11-12(16)17-14(21-11)18-4-3-10(15)7-18/h8-10H,3-7,15-16H2,1-2H3. The number of nitrogen functional groups attached to an aromatic ring is 1. The summed E-state index contributed by atoms with van der Waals surface area (Å²) in [6, 6.07) is 0.189. The Morgan fingerprint density at radius 3 is 2.52 bits per heavy atom. The number of nitrogens with two attached hydrogens (primary N) is 2. The van der Waals surface area contributed by atoms with Crippen LogP contribution < -0.4 is 16.4 Å². The summed E-state index contributed by atoms with van der Waals surface area (Å²) in [6.45, 7) is 7.66. The molecule has 6 nitrogen and oxygen atoms in total. The number of hydrogen-bond donors (Lipinski definition) is 2. The van der Waals surface area contributed by atoms with E-state index < -0.39 is 0 Å². The highest BCUT2D eigenvalue weighted by atomic mass is 32.1. The molecular formula is C14H23N5OS. The molecule has 2 aliphatic rings. The smallest absolute Gasteiger partial charge is 0.267 e. The van der Waals surface area contributed by atoms with Crippen molar-refractivity contribution in [1.82, 2.24) is 9.88 Å². The molecule has 2 fully saturated rings. The van der Waals surface area contributed by atoms with Gasteiger partial charge in [0.1, 0.15) is 10.7 Å². The van der Waals surface area contributed by atoms with Crippen molar-refractivity contribution in [2.24, 2.45) is 17.6 Å². The summed E-state index contributed by atoms with van der Waals surface area (Å²) in [5, 5.41) is 0.823. The van der Waals surface area contributed by atoms with E-state index in [2.05, 4.69) is 23.7 Å². The molecule has 0 saturated carbocycles. The van der Waals surface area contributed by atoms with Crippen LogP contribution in [-0.2, 0) is 0 Å². The van der Waals surface area contributed by atoms with Crippen LogP contribution in [0.25, 0.3) is 0 Å². The largest absolute Gasteiger partial charge is 0.382 e. The molecule has 2 saturated heterocycles. The Labute approximate surface area is 129 Å². The molecule has 21 heavy (non-hydrogen) atoms. The number of hydrogen-bond acceptors (Lipinski definition) is 6. The third-order valence-electron chi connectivity index (χ3n) is 4.61.